The molecule has 0 spiro atoms. The van der Waals surface area contributed by atoms with E-state index in [0.29, 0.717) is 12.5 Å². The number of rotatable bonds is 4. The van der Waals surface area contributed by atoms with E-state index in [4.69, 9.17) is 5.73 Å². The Balaban J connectivity index is 2.42. The van der Waals surface area contributed by atoms with Crippen molar-refractivity contribution < 1.29 is 0 Å². The molecule has 1 unspecified atom stereocenters. The van der Waals surface area contributed by atoms with Gasteiger partial charge in [0, 0.05) is 24.2 Å². The van der Waals surface area contributed by atoms with Crippen LogP contribution in [0, 0.1) is 13.8 Å². The maximum absolute atomic E-state index is 5.98. The molecule has 0 saturated heterocycles. The van der Waals surface area contributed by atoms with Gasteiger partial charge in [0.15, 0.2) is 0 Å². The molecule has 0 aromatic carbocycles. The topological polar surface area (TPSA) is 56.7 Å². The van der Waals surface area contributed by atoms with Gasteiger partial charge in [-0.2, -0.15) is 5.10 Å². The van der Waals surface area contributed by atoms with Crippen LogP contribution < -0.4 is 5.73 Å². The molecule has 0 aliphatic carbocycles. The second-order valence-corrected chi connectivity index (χ2v) is 6.49. The molecular weight excluding hydrogens is 256 g/mol. The van der Waals surface area contributed by atoms with Gasteiger partial charge >= 0.3 is 0 Å². The van der Waals surface area contributed by atoms with Crippen molar-refractivity contribution in [1.29, 1.82) is 0 Å². The molecule has 0 radical (unpaired) electrons. The van der Waals surface area contributed by atoms with Crippen molar-refractivity contribution in [2.75, 3.05) is 6.54 Å². The number of thiazole rings is 1. The maximum atomic E-state index is 5.98. The van der Waals surface area contributed by atoms with Crippen LogP contribution in [0.15, 0.2) is 6.07 Å². The summed E-state index contributed by atoms with van der Waals surface area (Å²) >= 11 is 1.74. The number of hydrogen-bond acceptors (Lipinski definition) is 4. The fourth-order valence-corrected chi connectivity index (χ4v) is 3.16. The molecule has 2 rings (SSSR count). The minimum atomic E-state index is 0.141. The molecular formula is C14H22N4S. The molecule has 0 aliphatic rings. The van der Waals surface area contributed by atoms with Crippen LogP contribution in [0.5, 0.6) is 0 Å². The maximum Gasteiger partial charge on any atom is 0.103 e. The zero-order valence-corrected chi connectivity index (χ0v) is 13.1. The third-order valence-electron chi connectivity index (χ3n) is 3.46. The number of nitrogens with two attached hydrogens (primary N) is 1. The Hall–Kier alpha value is -1.20. The first-order valence-electron chi connectivity index (χ1n) is 6.61. The van der Waals surface area contributed by atoms with Gasteiger partial charge in [-0.25, -0.2) is 4.98 Å². The molecule has 19 heavy (non-hydrogen) atoms. The molecule has 104 valence electrons. The summed E-state index contributed by atoms with van der Waals surface area (Å²) in [7, 11) is 1.98. The van der Waals surface area contributed by atoms with Gasteiger partial charge in [0.25, 0.3) is 0 Å². The van der Waals surface area contributed by atoms with Gasteiger partial charge in [-0.05, 0) is 25.8 Å². The molecule has 2 N–H and O–H groups in total. The monoisotopic (exact) mass is 278 g/mol. The van der Waals surface area contributed by atoms with Crippen LogP contribution in [-0.4, -0.2) is 21.3 Å². The van der Waals surface area contributed by atoms with E-state index < -0.39 is 0 Å². The molecule has 2 heterocycles. The Labute approximate surface area is 118 Å². The lowest BCUT2D eigenvalue weighted by Gasteiger charge is -2.11. The molecule has 0 fully saturated rings. The average Bonchev–Trinajstić information content (AvgIpc) is 2.86. The summed E-state index contributed by atoms with van der Waals surface area (Å²) in [5, 5.41) is 5.67. The molecule has 0 saturated carbocycles. The zero-order chi connectivity index (χ0) is 14.2. The van der Waals surface area contributed by atoms with E-state index in [-0.39, 0.29) is 5.92 Å². The summed E-state index contributed by atoms with van der Waals surface area (Å²) in [6.45, 7) is 9.02. The lowest BCUT2D eigenvalue weighted by Crippen LogP contribution is -2.16. The van der Waals surface area contributed by atoms with Crippen molar-refractivity contribution in [3.8, 4) is 0 Å². The van der Waals surface area contributed by atoms with Crippen LogP contribution >= 0.6 is 11.3 Å². The highest BCUT2D eigenvalue weighted by Crippen LogP contribution is 2.30. The van der Waals surface area contributed by atoms with Crippen molar-refractivity contribution >= 4 is 11.3 Å². The third kappa shape index (κ3) is 2.72. The van der Waals surface area contributed by atoms with Gasteiger partial charge in [0.2, 0.25) is 0 Å². The van der Waals surface area contributed by atoms with E-state index in [1.807, 2.05) is 18.7 Å². The summed E-state index contributed by atoms with van der Waals surface area (Å²) in [4.78, 5) is 5.91. The van der Waals surface area contributed by atoms with E-state index in [1.165, 1.54) is 4.88 Å². The molecule has 2 aromatic rings. The second-order valence-electron chi connectivity index (χ2n) is 5.25. The van der Waals surface area contributed by atoms with Gasteiger partial charge < -0.3 is 5.73 Å². The Morgan fingerprint density at radius 3 is 2.47 bits per heavy atom. The Bertz CT molecular complexity index is 549. The van der Waals surface area contributed by atoms with Gasteiger partial charge in [0.05, 0.1) is 17.3 Å². The number of hydrogen-bond donors (Lipinski definition) is 1. The summed E-state index contributed by atoms with van der Waals surface area (Å²) in [6, 6.07) is 2.16. The first-order chi connectivity index (χ1) is 8.93. The largest absolute Gasteiger partial charge is 0.329 e. The van der Waals surface area contributed by atoms with Crippen molar-refractivity contribution in [2.24, 2.45) is 12.8 Å². The van der Waals surface area contributed by atoms with Crippen molar-refractivity contribution in [3.05, 3.63) is 33.0 Å². The van der Waals surface area contributed by atoms with E-state index >= 15 is 0 Å². The smallest absolute Gasteiger partial charge is 0.103 e. The van der Waals surface area contributed by atoms with Gasteiger partial charge in [-0.3, -0.25) is 4.68 Å². The highest BCUT2D eigenvalue weighted by Gasteiger charge is 2.22. The molecule has 0 amide bonds. The summed E-state index contributed by atoms with van der Waals surface area (Å²) < 4.78 is 1.94. The predicted octanol–water partition coefficient (Wildman–Crippen LogP) is 2.71. The van der Waals surface area contributed by atoms with E-state index in [1.54, 1.807) is 11.3 Å². The van der Waals surface area contributed by atoms with Crippen molar-refractivity contribution in [1.82, 2.24) is 14.8 Å². The van der Waals surface area contributed by atoms with Crippen LogP contribution in [0.2, 0.25) is 0 Å². The van der Waals surface area contributed by atoms with Crippen molar-refractivity contribution in [2.45, 2.75) is 39.5 Å². The van der Waals surface area contributed by atoms with E-state index in [0.717, 1.165) is 22.1 Å². The minimum Gasteiger partial charge on any atom is -0.329 e. The highest BCUT2D eigenvalue weighted by atomic mass is 32.1. The second kappa shape index (κ2) is 5.43. The Morgan fingerprint density at radius 1 is 1.37 bits per heavy atom. The average molecular weight is 278 g/mol. The zero-order valence-electron chi connectivity index (χ0n) is 12.3. The third-order valence-corrected chi connectivity index (χ3v) is 4.65. The highest BCUT2D eigenvalue weighted by molar-refractivity contribution is 7.11. The van der Waals surface area contributed by atoms with Crippen LogP contribution in [0.4, 0.5) is 0 Å². The number of aromatic nitrogens is 3. The van der Waals surface area contributed by atoms with E-state index in [2.05, 4.69) is 36.9 Å². The fourth-order valence-electron chi connectivity index (χ4n) is 2.11. The first kappa shape index (κ1) is 14.2. The van der Waals surface area contributed by atoms with Crippen LogP contribution in [0.25, 0.3) is 0 Å². The lowest BCUT2D eigenvalue weighted by atomic mass is 10.0. The predicted molar refractivity (Wildman–Crippen MR) is 79.8 cm³/mol. The molecule has 4 nitrogen and oxygen atoms in total. The summed E-state index contributed by atoms with van der Waals surface area (Å²) in [6.07, 6.45) is 0. The lowest BCUT2D eigenvalue weighted by molar-refractivity contribution is 0.647. The summed E-state index contributed by atoms with van der Waals surface area (Å²) in [5.41, 5.74) is 9.34. The van der Waals surface area contributed by atoms with Crippen LogP contribution in [-0.2, 0) is 7.05 Å². The SMILES string of the molecule is Cc1nc(C(CN)c2cc(C(C)C)nn2C)sc1C. The molecule has 2 aromatic heterocycles. The summed E-state index contributed by atoms with van der Waals surface area (Å²) in [5.74, 6) is 0.570. The quantitative estimate of drug-likeness (QED) is 0.935. The van der Waals surface area contributed by atoms with Crippen LogP contribution in [0.3, 0.4) is 0 Å². The Kier molecular flexibility index (Phi) is 4.06. The van der Waals surface area contributed by atoms with E-state index in [9.17, 15) is 0 Å². The molecule has 0 bridgehead atoms. The first-order valence-corrected chi connectivity index (χ1v) is 7.43. The van der Waals surface area contributed by atoms with Gasteiger partial charge in [0.1, 0.15) is 5.01 Å². The standard InChI is InChI=1S/C14H22N4S/c1-8(2)12-6-13(18(5)17-12)11(7-15)14-16-9(3)10(4)19-14/h6,8,11H,7,15H2,1-5H3. The van der Waals surface area contributed by atoms with Crippen LogP contribution in [0.1, 0.15) is 52.6 Å². The van der Waals surface area contributed by atoms with Crippen molar-refractivity contribution in [3.63, 3.8) is 0 Å². The molecule has 0 aliphatic heterocycles. The molecule has 5 heteroatoms. The minimum absolute atomic E-state index is 0.141. The fraction of sp³-hybridized carbons (Fsp3) is 0.571. The number of aryl methyl sites for hydroxylation is 3. The molecule has 1 atom stereocenters. The number of nitrogens with zero attached hydrogens (tertiary/aromatic N) is 3. The normalized spacial score (nSPS) is 13.2. The Morgan fingerprint density at radius 2 is 2.05 bits per heavy atom. The van der Waals surface area contributed by atoms with Gasteiger partial charge in [-0.1, -0.05) is 13.8 Å². The van der Waals surface area contributed by atoms with Gasteiger partial charge in [-0.15, -0.1) is 11.3 Å².